The average Bonchev–Trinajstić information content (AvgIpc) is 3.37. The summed E-state index contributed by atoms with van der Waals surface area (Å²) in [5.74, 6) is 1.02. The number of benzene rings is 1. The molecule has 1 saturated heterocycles. The zero-order chi connectivity index (χ0) is 21.0. The monoisotopic (exact) mass is 400 g/mol. The van der Waals surface area contributed by atoms with Crippen molar-refractivity contribution in [2.45, 2.75) is 77.4 Å². The van der Waals surface area contributed by atoms with E-state index in [1.54, 1.807) is 0 Å². The van der Waals surface area contributed by atoms with Gasteiger partial charge in [-0.05, 0) is 48.2 Å². The molecular weight excluding hydrogens is 372 g/mol. The van der Waals surface area contributed by atoms with E-state index in [-0.39, 0.29) is 23.0 Å². The van der Waals surface area contributed by atoms with Crippen molar-refractivity contribution in [3.63, 3.8) is 0 Å². The zero-order valence-corrected chi connectivity index (χ0v) is 18.6. The van der Waals surface area contributed by atoms with Gasteiger partial charge < -0.3 is 4.74 Å². The van der Waals surface area contributed by atoms with Crippen LogP contribution in [0.3, 0.4) is 0 Å². The van der Waals surface area contributed by atoms with Gasteiger partial charge in [-0.3, -0.25) is 4.40 Å². The van der Waals surface area contributed by atoms with E-state index in [2.05, 4.69) is 70.2 Å². The minimum absolute atomic E-state index is 0.0193. The van der Waals surface area contributed by atoms with Gasteiger partial charge in [0.25, 0.3) is 0 Å². The number of nitrogens with zero attached hydrogens (tertiary/aromatic N) is 4. The van der Waals surface area contributed by atoms with E-state index < -0.39 is 0 Å². The molecule has 1 fully saturated rings. The SMILES string of the molecule is CC(C)(C)c1ccc2c(n1)nc1c3cc4c(cc3nc(C(C)(C)C)n21)C1CCC4O1. The Kier molecular flexibility index (Phi) is 3.40. The average molecular weight is 401 g/mol. The first kappa shape index (κ1) is 18.3. The largest absolute Gasteiger partial charge is 0.366 e. The fraction of sp³-hybridized carbons (Fsp3) is 0.480. The number of hydrogen-bond donors (Lipinski definition) is 0. The maximum Gasteiger partial charge on any atom is 0.178 e. The molecule has 0 amide bonds. The normalized spacial score (nSPS) is 21.3. The molecule has 0 radical (unpaired) electrons. The molecule has 2 unspecified atom stereocenters. The molecule has 30 heavy (non-hydrogen) atoms. The Labute approximate surface area is 176 Å². The van der Waals surface area contributed by atoms with Crippen LogP contribution in [-0.2, 0) is 15.6 Å². The van der Waals surface area contributed by atoms with Gasteiger partial charge in [0.05, 0.1) is 23.2 Å². The van der Waals surface area contributed by atoms with E-state index in [4.69, 9.17) is 19.7 Å². The number of imidazole rings is 1. The van der Waals surface area contributed by atoms with Crippen molar-refractivity contribution in [2.24, 2.45) is 0 Å². The molecule has 2 bridgehead atoms. The van der Waals surface area contributed by atoms with Crippen LogP contribution >= 0.6 is 0 Å². The third-order valence-corrected chi connectivity index (χ3v) is 6.55. The maximum atomic E-state index is 6.17. The second kappa shape index (κ2) is 5.58. The second-order valence-electron chi connectivity index (χ2n) is 10.9. The lowest BCUT2D eigenvalue weighted by atomic mass is 9.90. The van der Waals surface area contributed by atoms with Crippen molar-refractivity contribution in [2.75, 3.05) is 0 Å². The van der Waals surface area contributed by atoms with Gasteiger partial charge in [-0.15, -0.1) is 0 Å². The van der Waals surface area contributed by atoms with Crippen LogP contribution in [0.15, 0.2) is 24.3 Å². The van der Waals surface area contributed by atoms with E-state index in [1.807, 2.05) is 0 Å². The van der Waals surface area contributed by atoms with E-state index in [1.165, 1.54) is 11.1 Å². The minimum Gasteiger partial charge on any atom is -0.366 e. The van der Waals surface area contributed by atoms with Gasteiger partial charge in [-0.2, -0.15) is 0 Å². The quantitative estimate of drug-likeness (QED) is 0.367. The Balaban J connectivity index is 1.74. The van der Waals surface area contributed by atoms with Crippen molar-refractivity contribution in [1.82, 2.24) is 19.4 Å². The van der Waals surface area contributed by atoms with Crippen molar-refractivity contribution in [1.29, 1.82) is 0 Å². The maximum absolute atomic E-state index is 6.17. The Hall–Kier alpha value is -2.53. The van der Waals surface area contributed by atoms with Gasteiger partial charge in [-0.1, -0.05) is 41.5 Å². The summed E-state index contributed by atoms with van der Waals surface area (Å²) in [6.07, 6.45) is 2.69. The molecule has 2 atom stereocenters. The molecule has 4 aromatic rings. The fourth-order valence-corrected chi connectivity index (χ4v) is 4.99. The van der Waals surface area contributed by atoms with Gasteiger partial charge >= 0.3 is 0 Å². The summed E-state index contributed by atoms with van der Waals surface area (Å²) in [7, 11) is 0. The third kappa shape index (κ3) is 2.41. The summed E-state index contributed by atoms with van der Waals surface area (Å²) in [4.78, 5) is 15.2. The first-order chi connectivity index (χ1) is 14.1. The zero-order valence-electron chi connectivity index (χ0n) is 18.6. The van der Waals surface area contributed by atoms with Gasteiger partial charge in [0.2, 0.25) is 0 Å². The third-order valence-electron chi connectivity index (χ3n) is 6.55. The first-order valence-electron chi connectivity index (χ1n) is 10.9. The van der Waals surface area contributed by atoms with Gasteiger partial charge in [-0.25, -0.2) is 15.0 Å². The number of fused-ring (bicyclic) bond motifs is 10. The minimum atomic E-state index is -0.128. The number of ether oxygens (including phenoxy) is 1. The molecule has 0 aliphatic carbocycles. The number of pyridine rings is 1. The summed E-state index contributed by atoms with van der Waals surface area (Å²) in [6, 6.07) is 8.81. The Morgan fingerprint density at radius 3 is 2.23 bits per heavy atom. The molecule has 5 nitrogen and oxygen atoms in total. The summed E-state index contributed by atoms with van der Waals surface area (Å²) in [5.41, 5.74) is 7.32. The Morgan fingerprint density at radius 1 is 0.867 bits per heavy atom. The van der Waals surface area contributed by atoms with Crippen molar-refractivity contribution in [3.8, 4) is 0 Å². The fourth-order valence-electron chi connectivity index (χ4n) is 4.99. The molecule has 1 aromatic carbocycles. The topological polar surface area (TPSA) is 52.3 Å². The standard InChI is InChI=1S/C25H28N4O/c1-24(2,3)20-10-7-17-21(27-20)28-22-15-11-13-14(19-9-8-18(13)30-19)12-16(15)26-23(29(17)22)25(4,5)6/h7,10-12,18-19H,8-9H2,1-6H3. The van der Waals surface area contributed by atoms with Crippen LogP contribution in [0.2, 0.25) is 0 Å². The van der Waals surface area contributed by atoms with Crippen LogP contribution < -0.4 is 0 Å². The molecule has 0 saturated carbocycles. The second-order valence-corrected chi connectivity index (χ2v) is 10.9. The van der Waals surface area contributed by atoms with Crippen LogP contribution in [0, 0.1) is 0 Å². The smallest absolute Gasteiger partial charge is 0.178 e. The van der Waals surface area contributed by atoms with Gasteiger partial charge in [0.15, 0.2) is 11.3 Å². The highest BCUT2D eigenvalue weighted by atomic mass is 16.5. The molecule has 6 rings (SSSR count). The lowest BCUT2D eigenvalue weighted by Crippen LogP contribution is -2.19. The molecular formula is C25H28N4O. The van der Waals surface area contributed by atoms with Gasteiger partial charge in [0.1, 0.15) is 5.82 Å². The molecule has 0 N–H and O–H groups in total. The summed E-state index contributed by atoms with van der Waals surface area (Å²) in [6.45, 7) is 13.2. The molecule has 2 aliphatic rings. The van der Waals surface area contributed by atoms with Crippen molar-refractivity contribution >= 4 is 27.7 Å². The van der Waals surface area contributed by atoms with Crippen LogP contribution in [0.4, 0.5) is 0 Å². The Morgan fingerprint density at radius 2 is 1.57 bits per heavy atom. The highest BCUT2D eigenvalue weighted by Crippen LogP contribution is 2.51. The van der Waals surface area contributed by atoms with E-state index in [9.17, 15) is 0 Å². The van der Waals surface area contributed by atoms with Crippen molar-refractivity contribution in [3.05, 3.63) is 46.9 Å². The molecule has 5 heterocycles. The van der Waals surface area contributed by atoms with Crippen LogP contribution in [-0.4, -0.2) is 19.4 Å². The molecule has 2 aliphatic heterocycles. The van der Waals surface area contributed by atoms with E-state index in [0.717, 1.165) is 52.1 Å². The van der Waals surface area contributed by atoms with E-state index >= 15 is 0 Å². The summed E-state index contributed by atoms with van der Waals surface area (Å²) >= 11 is 0. The molecule has 0 spiro atoms. The molecule has 3 aromatic heterocycles. The van der Waals surface area contributed by atoms with Crippen molar-refractivity contribution < 1.29 is 4.74 Å². The predicted molar refractivity (Wildman–Crippen MR) is 119 cm³/mol. The van der Waals surface area contributed by atoms with Crippen LogP contribution in [0.25, 0.3) is 27.7 Å². The molecule has 5 heteroatoms. The molecule has 154 valence electrons. The first-order valence-corrected chi connectivity index (χ1v) is 10.9. The highest BCUT2D eigenvalue weighted by molar-refractivity contribution is 5.97. The van der Waals surface area contributed by atoms with Crippen LogP contribution in [0.1, 0.15) is 89.2 Å². The van der Waals surface area contributed by atoms with E-state index in [0.29, 0.717) is 0 Å². The number of rotatable bonds is 0. The summed E-state index contributed by atoms with van der Waals surface area (Å²) in [5, 5.41) is 1.09. The van der Waals surface area contributed by atoms with Gasteiger partial charge in [0, 0.05) is 21.9 Å². The number of hydrogen-bond acceptors (Lipinski definition) is 4. The Bertz CT molecular complexity index is 1350. The summed E-state index contributed by atoms with van der Waals surface area (Å²) < 4.78 is 8.39. The predicted octanol–water partition coefficient (Wildman–Crippen LogP) is 5.93. The number of aromatic nitrogens is 4. The lowest BCUT2D eigenvalue weighted by molar-refractivity contribution is 0.0717. The van der Waals surface area contributed by atoms with Crippen LogP contribution in [0.5, 0.6) is 0 Å². The highest BCUT2D eigenvalue weighted by Gasteiger charge is 2.38. The lowest BCUT2D eigenvalue weighted by Gasteiger charge is -2.22.